The van der Waals surface area contributed by atoms with E-state index in [4.69, 9.17) is 15.7 Å². The van der Waals surface area contributed by atoms with Crippen molar-refractivity contribution in [1.29, 1.82) is 0 Å². The van der Waals surface area contributed by atoms with Gasteiger partial charge in [-0.2, -0.15) is 4.98 Å². The summed E-state index contributed by atoms with van der Waals surface area (Å²) in [5.41, 5.74) is 11.1. The van der Waals surface area contributed by atoms with Gasteiger partial charge in [0.1, 0.15) is 5.65 Å². The topological polar surface area (TPSA) is 102 Å². The number of fused-ring (bicyclic) bond motifs is 1. The van der Waals surface area contributed by atoms with Crippen molar-refractivity contribution in [2.24, 2.45) is 11.7 Å². The molecule has 1 saturated heterocycles. The molecule has 4 heterocycles. The van der Waals surface area contributed by atoms with Crippen molar-refractivity contribution >= 4 is 22.9 Å². The second-order valence-electron chi connectivity index (χ2n) is 12.0. The summed E-state index contributed by atoms with van der Waals surface area (Å²) < 4.78 is 2.38. The van der Waals surface area contributed by atoms with Crippen LogP contribution < -0.4 is 11.1 Å². The average molecular weight is 532 g/mol. The molecule has 1 atom stereocenters. The van der Waals surface area contributed by atoms with Crippen LogP contribution in [0.5, 0.6) is 0 Å². The second-order valence-corrected chi connectivity index (χ2v) is 12.0. The Morgan fingerprint density at radius 3 is 2.44 bits per heavy atom. The second kappa shape index (κ2) is 12.0. The summed E-state index contributed by atoms with van der Waals surface area (Å²) in [7, 11) is 0. The molecule has 1 saturated carbocycles. The Kier molecular flexibility index (Phi) is 8.50. The van der Waals surface area contributed by atoms with E-state index < -0.39 is 0 Å². The summed E-state index contributed by atoms with van der Waals surface area (Å²) in [6.07, 6.45) is 13.0. The van der Waals surface area contributed by atoms with Crippen LogP contribution in [0.25, 0.3) is 11.0 Å². The van der Waals surface area contributed by atoms with E-state index in [0.29, 0.717) is 29.9 Å². The predicted molar refractivity (Wildman–Crippen MR) is 157 cm³/mol. The Balaban J connectivity index is 1.36. The zero-order valence-corrected chi connectivity index (χ0v) is 24.1. The minimum absolute atomic E-state index is 0.111. The molecule has 8 heteroatoms. The van der Waals surface area contributed by atoms with E-state index in [1.807, 2.05) is 37.1 Å². The van der Waals surface area contributed by atoms with Crippen LogP contribution in [0.1, 0.15) is 98.4 Å². The summed E-state index contributed by atoms with van der Waals surface area (Å²) in [6.45, 7) is 10.8. The van der Waals surface area contributed by atoms with Crippen molar-refractivity contribution in [2.75, 3.05) is 18.4 Å². The molecular formula is C31H45N7O. The summed E-state index contributed by atoms with van der Waals surface area (Å²) >= 11 is 0. The number of rotatable bonds is 8. The first-order valence-electron chi connectivity index (χ1n) is 14.9. The highest BCUT2D eigenvalue weighted by atomic mass is 16.2. The smallest absolute Gasteiger partial charge is 0.253 e. The number of anilines is 1. The number of pyridine rings is 1. The van der Waals surface area contributed by atoms with E-state index >= 15 is 0 Å². The van der Waals surface area contributed by atoms with Gasteiger partial charge < -0.3 is 20.5 Å². The maximum Gasteiger partial charge on any atom is 0.253 e. The van der Waals surface area contributed by atoms with Gasteiger partial charge in [-0.25, -0.2) is 4.98 Å². The zero-order chi connectivity index (χ0) is 27.5. The highest BCUT2D eigenvalue weighted by Gasteiger charge is 2.28. The predicted octanol–water partition coefficient (Wildman–Crippen LogP) is 5.58. The third-order valence-electron chi connectivity index (χ3n) is 8.64. The summed E-state index contributed by atoms with van der Waals surface area (Å²) in [6, 6.07) is 4.49. The van der Waals surface area contributed by atoms with Crippen LogP contribution in [-0.4, -0.2) is 55.5 Å². The average Bonchev–Trinajstić information content (AvgIpc) is 3.26. The standard InChI is InChI=1S/C31H45N7O/c1-5-6-20(2)35-31-33-17-27-28(19-38(29(27)36-31)18-23-7-9-26(32)10-8-23)24-11-13-37(14-12-24)30(39)25-15-21(3)34-22(4)16-25/h15-17,19-20,23-24,26H,5-14,18,32H2,1-4H3,(H,33,35,36)/t20-,23?,26?/m0/s1. The normalized spacial score (nSPS) is 21.3. The number of aromatic nitrogens is 4. The molecule has 3 N–H and O–H groups in total. The lowest BCUT2D eigenvalue weighted by atomic mass is 9.86. The number of nitrogens with one attached hydrogen (secondary N) is 1. The van der Waals surface area contributed by atoms with Crippen LogP contribution in [0.15, 0.2) is 24.5 Å². The van der Waals surface area contributed by atoms with E-state index in [0.717, 1.165) is 86.1 Å². The minimum atomic E-state index is 0.111. The Bertz CT molecular complexity index is 1270. The quantitative estimate of drug-likeness (QED) is 0.393. The number of piperidine rings is 1. The molecule has 1 aliphatic heterocycles. The number of likely N-dealkylation sites (tertiary alicyclic amines) is 1. The maximum absolute atomic E-state index is 13.2. The number of amides is 1. The molecule has 0 spiro atoms. The number of hydrogen-bond donors (Lipinski definition) is 2. The lowest BCUT2D eigenvalue weighted by Gasteiger charge is -2.32. The first-order chi connectivity index (χ1) is 18.8. The molecule has 3 aromatic heterocycles. The number of hydrogen-bond acceptors (Lipinski definition) is 6. The van der Waals surface area contributed by atoms with Gasteiger partial charge in [-0.3, -0.25) is 9.78 Å². The fraction of sp³-hybridized carbons (Fsp3) is 0.613. The highest BCUT2D eigenvalue weighted by Crippen LogP contribution is 2.36. The molecule has 2 aliphatic rings. The monoisotopic (exact) mass is 531 g/mol. The number of aryl methyl sites for hydroxylation is 2. The number of carbonyl (C=O) groups is 1. The van der Waals surface area contributed by atoms with Gasteiger partial charge in [0.15, 0.2) is 0 Å². The molecule has 210 valence electrons. The fourth-order valence-electron chi connectivity index (χ4n) is 6.54. The first-order valence-corrected chi connectivity index (χ1v) is 14.9. The Labute approximate surface area is 232 Å². The maximum atomic E-state index is 13.2. The third-order valence-corrected chi connectivity index (χ3v) is 8.64. The molecule has 8 nitrogen and oxygen atoms in total. The van der Waals surface area contributed by atoms with Gasteiger partial charge in [-0.15, -0.1) is 0 Å². The molecular weight excluding hydrogens is 486 g/mol. The van der Waals surface area contributed by atoms with Crippen molar-refractivity contribution < 1.29 is 4.79 Å². The van der Waals surface area contributed by atoms with Crippen LogP contribution in [0, 0.1) is 19.8 Å². The van der Waals surface area contributed by atoms with Crippen LogP contribution in [-0.2, 0) is 6.54 Å². The van der Waals surface area contributed by atoms with E-state index in [2.05, 4.69) is 34.9 Å². The van der Waals surface area contributed by atoms with Gasteiger partial charge in [0.25, 0.3) is 5.91 Å². The van der Waals surface area contributed by atoms with Crippen molar-refractivity contribution in [2.45, 2.75) is 104 Å². The zero-order valence-electron chi connectivity index (χ0n) is 24.1. The summed E-state index contributed by atoms with van der Waals surface area (Å²) in [5.74, 6) is 1.84. The van der Waals surface area contributed by atoms with Crippen molar-refractivity contribution in [1.82, 2.24) is 24.4 Å². The molecule has 0 bridgehead atoms. The number of nitrogens with zero attached hydrogens (tertiary/aromatic N) is 5. The molecule has 3 aromatic rings. The molecule has 5 rings (SSSR count). The molecule has 2 fully saturated rings. The van der Waals surface area contributed by atoms with E-state index in [1.165, 1.54) is 18.4 Å². The number of nitrogens with two attached hydrogens (primary N) is 1. The van der Waals surface area contributed by atoms with Gasteiger partial charge in [0, 0.05) is 66.4 Å². The first kappa shape index (κ1) is 27.6. The highest BCUT2D eigenvalue weighted by molar-refractivity contribution is 5.94. The van der Waals surface area contributed by atoms with Gasteiger partial charge in [-0.05, 0) is 95.2 Å². The summed E-state index contributed by atoms with van der Waals surface area (Å²) in [5, 5.41) is 4.66. The molecule has 0 aromatic carbocycles. The van der Waals surface area contributed by atoms with Gasteiger partial charge in [0.05, 0.1) is 0 Å². The molecule has 1 amide bonds. The lowest BCUT2D eigenvalue weighted by Crippen LogP contribution is -2.38. The minimum Gasteiger partial charge on any atom is -0.352 e. The van der Waals surface area contributed by atoms with Gasteiger partial charge >= 0.3 is 0 Å². The van der Waals surface area contributed by atoms with Crippen molar-refractivity contribution in [3.05, 3.63) is 47.0 Å². The molecule has 1 aliphatic carbocycles. The molecule has 0 radical (unpaired) electrons. The molecule has 39 heavy (non-hydrogen) atoms. The van der Waals surface area contributed by atoms with Crippen molar-refractivity contribution in [3.8, 4) is 0 Å². The third kappa shape index (κ3) is 6.43. The van der Waals surface area contributed by atoms with Crippen molar-refractivity contribution in [3.63, 3.8) is 0 Å². The SMILES string of the molecule is CCC[C@H](C)Nc1ncc2c(C3CCN(C(=O)c4cc(C)nc(C)c4)CC3)cn(CC3CCC(N)CC3)c2n1. The van der Waals surface area contributed by atoms with E-state index in [-0.39, 0.29) is 5.91 Å². The van der Waals surface area contributed by atoms with Crippen LogP contribution in [0.3, 0.4) is 0 Å². The summed E-state index contributed by atoms with van der Waals surface area (Å²) in [4.78, 5) is 29.4. The Hall–Kier alpha value is -3.00. The largest absolute Gasteiger partial charge is 0.352 e. The Morgan fingerprint density at radius 2 is 1.77 bits per heavy atom. The van der Waals surface area contributed by atoms with Crippen LogP contribution in [0.2, 0.25) is 0 Å². The number of carbonyl (C=O) groups excluding carboxylic acids is 1. The van der Waals surface area contributed by atoms with Gasteiger partial charge in [0.2, 0.25) is 5.95 Å². The molecule has 0 unspecified atom stereocenters. The van der Waals surface area contributed by atoms with E-state index in [9.17, 15) is 4.79 Å². The lowest BCUT2D eigenvalue weighted by molar-refractivity contribution is 0.0713. The van der Waals surface area contributed by atoms with Crippen LogP contribution in [0.4, 0.5) is 5.95 Å². The fourth-order valence-corrected chi connectivity index (χ4v) is 6.54. The van der Waals surface area contributed by atoms with Crippen LogP contribution >= 0.6 is 0 Å². The van der Waals surface area contributed by atoms with Gasteiger partial charge in [-0.1, -0.05) is 13.3 Å². The van der Waals surface area contributed by atoms with E-state index in [1.54, 1.807) is 0 Å². The Morgan fingerprint density at radius 1 is 1.08 bits per heavy atom.